The van der Waals surface area contributed by atoms with E-state index < -0.39 is 39.8 Å². The lowest BCUT2D eigenvalue weighted by molar-refractivity contribution is 0.209. The quantitative estimate of drug-likeness (QED) is 0.208. The Hall–Kier alpha value is -4.55. The Morgan fingerprint density at radius 2 is 1.62 bits per heavy atom. The zero-order valence-electron chi connectivity index (χ0n) is 20.4. The van der Waals surface area contributed by atoms with Gasteiger partial charge in [-0.05, 0) is 60.0 Å². The van der Waals surface area contributed by atoms with Crippen LogP contribution in [0.15, 0.2) is 90.0 Å². The summed E-state index contributed by atoms with van der Waals surface area (Å²) in [4.78, 5) is 28.0. The molecule has 3 aromatic carbocycles. The van der Waals surface area contributed by atoms with E-state index in [1.807, 2.05) is 4.72 Å². The second kappa shape index (κ2) is 12.1. The van der Waals surface area contributed by atoms with Crippen LogP contribution in [-0.4, -0.2) is 30.6 Å². The van der Waals surface area contributed by atoms with Crippen LogP contribution < -0.4 is 15.4 Å². The molecule has 0 saturated heterocycles. The second-order valence-corrected chi connectivity index (χ2v) is 10.5. The van der Waals surface area contributed by atoms with Crippen LogP contribution in [0.3, 0.4) is 0 Å². The minimum absolute atomic E-state index is 0.0950. The number of rotatable bonds is 8. The van der Waals surface area contributed by atoms with Crippen molar-refractivity contribution in [3.05, 3.63) is 113 Å². The molecular formula is C27H21ClF2N4O5S. The molecule has 1 aromatic heterocycles. The molecule has 0 bridgehead atoms. The highest BCUT2D eigenvalue weighted by atomic mass is 35.5. The largest absolute Gasteiger partial charge is 0.465 e. The fourth-order valence-electron chi connectivity index (χ4n) is 4.00. The minimum atomic E-state index is -4.37. The first-order chi connectivity index (χ1) is 19.0. The van der Waals surface area contributed by atoms with Crippen molar-refractivity contribution in [3.63, 3.8) is 0 Å². The zero-order chi connectivity index (χ0) is 28.9. The Balaban J connectivity index is 1.69. The number of halogens is 3. The average Bonchev–Trinajstić information content (AvgIpc) is 2.88. The summed E-state index contributed by atoms with van der Waals surface area (Å²) in [6, 6.07) is 15.8. The molecule has 1 unspecified atom stereocenters. The topological polar surface area (TPSA) is 137 Å². The molecule has 3 amide bonds. The standard InChI is InChI=1S/C27H21ClF2N4O5S/c28-22-5-1-2-6-24(22)40(38,39)34-26(35)33-23(14-16-12-18(29)15-19(30)13-16)25-21(4-3-11-31-25)17-7-9-20(10-8-17)32-27(36)37/h1-13,15,23,32H,14H2,(H,36,37)(H2,33,34,35). The third kappa shape index (κ3) is 7.10. The number of sulfonamides is 1. The van der Waals surface area contributed by atoms with E-state index in [1.54, 1.807) is 24.3 Å². The molecule has 0 spiro atoms. The summed E-state index contributed by atoms with van der Waals surface area (Å²) < 4.78 is 55.5. The molecule has 4 aromatic rings. The molecule has 0 aliphatic heterocycles. The number of nitrogens with one attached hydrogen (secondary N) is 3. The number of anilines is 1. The van der Waals surface area contributed by atoms with Crippen LogP contribution in [0.1, 0.15) is 17.3 Å². The smallest absolute Gasteiger partial charge is 0.409 e. The molecule has 9 nitrogen and oxygen atoms in total. The van der Waals surface area contributed by atoms with Crippen LogP contribution in [0.25, 0.3) is 11.1 Å². The van der Waals surface area contributed by atoms with Crippen LogP contribution in [0.2, 0.25) is 5.02 Å². The highest BCUT2D eigenvalue weighted by Crippen LogP contribution is 2.30. The van der Waals surface area contributed by atoms with E-state index in [0.717, 1.165) is 12.1 Å². The number of hydrogen-bond acceptors (Lipinski definition) is 5. The zero-order valence-corrected chi connectivity index (χ0v) is 22.0. The first kappa shape index (κ1) is 28.5. The van der Waals surface area contributed by atoms with Crippen LogP contribution in [0, 0.1) is 11.6 Å². The summed E-state index contributed by atoms with van der Waals surface area (Å²) in [5, 5.41) is 13.6. The van der Waals surface area contributed by atoms with Crippen molar-refractivity contribution >= 4 is 39.4 Å². The third-order valence-electron chi connectivity index (χ3n) is 5.64. The van der Waals surface area contributed by atoms with Crippen LogP contribution in [0.5, 0.6) is 0 Å². The van der Waals surface area contributed by atoms with Crippen molar-refractivity contribution < 1.29 is 31.9 Å². The van der Waals surface area contributed by atoms with Crippen LogP contribution in [-0.2, 0) is 16.4 Å². The van der Waals surface area contributed by atoms with Crippen molar-refractivity contribution in [1.82, 2.24) is 15.0 Å². The van der Waals surface area contributed by atoms with Gasteiger partial charge in [0.1, 0.15) is 16.5 Å². The van der Waals surface area contributed by atoms with E-state index >= 15 is 0 Å². The molecule has 0 aliphatic rings. The van der Waals surface area contributed by atoms with Crippen molar-refractivity contribution in [3.8, 4) is 11.1 Å². The summed E-state index contributed by atoms with van der Waals surface area (Å²) in [5.74, 6) is -1.66. The molecule has 1 atom stereocenters. The van der Waals surface area contributed by atoms with Gasteiger partial charge in [0, 0.05) is 23.5 Å². The Kier molecular flexibility index (Phi) is 8.61. The lowest BCUT2D eigenvalue weighted by Gasteiger charge is -2.22. The highest BCUT2D eigenvalue weighted by Gasteiger charge is 2.25. The summed E-state index contributed by atoms with van der Waals surface area (Å²) >= 11 is 5.99. The van der Waals surface area contributed by atoms with Gasteiger partial charge in [-0.25, -0.2) is 31.5 Å². The molecular weight excluding hydrogens is 566 g/mol. The highest BCUT2D eigenvalue weighted by molar-refractivity contribution is 7.90. The lowest BCUT2D eigenvalue weighted by Crippen LogP contribution is -2.42. The molecule has 4 rings (SSSR count). The van der Waals surface area contributed by atoms with E-state index in [-0.39, 0.29) is 27.6 Å². The SMILES string of the molecule is O=C(O)Nc1ccc(-c2cccnc2C(Cc2cc(F)cc(F)c2)NC(=O)NS(=O)(=O)c2ccccc2Cl)cc1. The number of hydrogen-bond donors (Lipinski definition) is 4. The van der Waals surface area contributed by atoms with Gasteiger partial charge in [0.2, 0.25) is 0 Å². The maximum absolute atomic E-state index is 14.0. The van der Waals surface area contributed by atoms with Gasteiger partial charge in [-0.3, -0.25) is 10.3 Å². The number of carbonyl (C=O) groups is 2. The molecule has 206 valence electrons. The van der Waals surface area contributed by atoms with Gasteiger partial charge in [-0.2, -0.15) is 0 Å². The second-order valence-electron chi connectivity index (χ2n) is 8.49. The molecule has 13 heteroatoms. The number of pyridine rings is 1. The number of nitrogens with zero attached hydrogens (tertiary/aromatic N) is 1. The Morgan fingerprint density at radius 1 is 0.950 bits per heavy atom. The summed E-state index contributed by atoms with van der Waals surface area (Å²) in [6.45, 7) is 0. The molecule has 1 heterocycles. The fourth-order valence-corrected chi connectivity index (χ4v) is 5.44. The van der Waals surface area contributed by atoms with Gasteiger partial charge in [-0.15, -0.1) is 0 Å². The fraction of sp³-hybridized carbons (Fsp3) is 0.0741. The molecule has 0 radical (unpaired) electrons. The number of carboxylic acid groups (broad SMARTS) is 1. The number of carbonyl (C=O) groups excluding carboxylic acids is 1. The van der Waals surface area contributed by atoms with Gasteiger partial charge >= 0.3 is 12.1 Å². The molecule has 0 saturated carbocycles. The average molecular weight is 587 g/mol. The summed E-state index contributed by atoms with van der Waals surface area (Å²) in [5.41, 5.74) is 1.84. The number of amides is 3. The summed E-state index contributed by atoms with van der Waals surface area (Å²) in [7, 11) is -4.37. The lowest BCUT2D eigenvalue weighted by atomic mass is 9.95. The van der Waals surface area contributed by atoms with Gasteiger partial charge in [0.05, 0.1) is 16.8 Å². The van der Waals surface area contributed by atoms with Gasteiger partial charge < -0.3 is 10.4 Å². The van der Waals surface area contributed by atoms with Crippen molar-refractivity contribution in [1.29, 1.82) is 0 Å². The first-order valence-electron chi connectivity index (χ1n) is 11.6. The third-order valence-corrected chi connectivity index (χ3v) is 7.47. The van der Waals surface area contributed by atoms with Crippen molar-refractivity contribution in [2.75, 3.05) is 5.32 Å². The minimum Gasteiger partial charge on any atom is -0.465 e. The molecule has 40 heavy (non-hydrogen) atoms. The van der Waals surface area contributed by atoms with E-state index in [0.29, 0.717) is 22.9 Å². The van der Waals surface area contributed by atoms with E-state index in [2.05, 4.69) is 15.6 Å². The van der Waals surface area contributed by atoms with E-state index in [1.165, 1.54) is 42.6 Å². The van der Waals surface area contributed by atoms with Gasteiger partial charge in [0.15, 0.2) is 0 Å². The monoisotopic (exact) mass is 586 g/mol. The molecule has 0 fully saturated rings. The Bertz CT molecular complexity index is 1650. The maximum Gasteiger partial charge on any atom is 0.409 e. The van der Waals surface area contributed by atoms with Gasteiger partial charge in [-0.1, -0.05) is 41.9 Å². The van der Waals surface area contributed by atoms with Gasteiger partial charge in [0.25, 0.3) is 10.0 Å². The maximum atomic E-state index is 14.0. The first-order valence-corrected chi connectivity index (χ1v) is 13.5. The number of benzene rings is 3. The summed E-state index contributed by atoms with van der Waals surface area (Å²) in [6.07, 6.45) is 0.0501. The van der Waals surface area contributed by atoms with Crippen LogP contribution in [0.4, 0.5) is 24.1 Å². The van der Waals surface area contributed by atoms with Crippen molar-refractivity contribution in [2.24, 2.45) is 0 Å². The van der Waals surface area contributed by atoms with Crippen LogP contribution >= 0.6 is 11.6 Å². The molecule has 0 aliphatic carbocycles. The van der Waals surface area contributed by atoms with Crippen molar-refractivity contribution in [2.45, 2.75) is 17.4 Å². The molecule has 4 N–H and O–H groups in total. The van der Waals surface area contributed by atoms with E-state index in [9.17, 15) is 26.8 Å². The van der Waals surface area contributed by atoms with E-state index in [4.69, 9.17) is 16.7 Å². The number of aromatic nitrogens is 1. The Labute approximate surface area is 232 Å². The Morgan fingerprint density at radius 3 is 2.27 bits per heavy atom. The predicted octanol–water partition coefficient (Wildman–Crippen LogP) is 5.74. The number of urea groups is 1. The predicted molar refractivity (Wildman–Crippen MR) is 144 cm³/mol. The normalized spacial score (nSPS) is 11.9.